The van der Waals surface area contributed by atoms with Gasteiger partial charge in [-0.15, -0.1) is 0 Å². The summed E-state index contributed by atoms with van der Waals surface area (Å²) in [5.41, 5.74) is 4.79. The van der Waals surface area contributed by atoms with Crippen LogP contribution in [0.15, 0.2) is 46.0 Å². The van der Waals surface area contributed by atoms with Crippen molar-refractivity contribution in [1.29, 1.82) is 0 Å². The number of hydrazone groups is 1. The molecular weight excluding hydrogens is 428 g/mol. The number of para-hydroxylation sites is 1. The lowest BCUT2D eigenvalue weighted by Crippen LogP contribution is -2.15. The zero-order valence-corrected chi connectivity index (χ0v) is 17.6. The topological polar surface area (TPSA) is 78.4 Å². The van der Waals surface area contributed by atoms with Crippen LogP contribution in [0, 0.1) is 0 Å². The molecule has 0 aromatic heterocycles. The monoisotopic (exact) mass is 450 g/mol. The zero-order chi connectivity index (χ0) is 20.4. The molecule has 2 aromatic rings. The average Bonchev–Trinajstić information content (AvgIpc) is 2.70. The molecule has 0 aliphatic rings. The maximum absolute atomic E-state index is 11.5. The van der Waals surface area contributed by atoms with Crippen LogP contribution in [0.25, 0.3) is 0 Å². The van der Waals surface area contributed by atoms with Gasteiger partial charge in [0.1, 0.15) is 5.75 Å². The average molecular weight is 451 g/mol. The van der Waals surface area contributed by atoms with Gasteiger partial charge in [0.25, 0.3) is 0 Å². The van der Waals surface area contributed by atoms with Crippen LogP contribution < -0.4 is 19.6 Å². The number of nitrogens with zero attached hydrogens (tertiary/aromatic N) is 1. The zero-order valence-electron chi connectivity index (χ0n) is 16.0. The van der Waals surface area contributed by atoms with E-state index in [0.29, 0.717) is 29.1 Å². The van der Waals surface area contributed by atoms with Gasteiger partial charge in [0.2, 0.25) is 0 Å². The van der Waals surface area contributed by atoms with Gasteiger partial charge in [0, 0.05) is 5.56 Å². The number of carbonyl (C=O) groups is 1. The molecule has 0 heterocycles. The van der Waals surface area contributed by atoms with Gasteiger partial charge in [-0.05, 0) is 46.6 Å². The first-order valence-electron chi connectivity index (χ1n) is 8.62. The minimum Gasteiger partial charge on any atom is -0.496 e. The summed E-state index contributed by atoms with van der Waals surface area (Å²) < 4.78 is 21.7. The minimum absolute atomic E-state index is 0.198. The van der Waals surface area contributed by atoms with E-state index in [1.165, 1.54) is 7.11 Å². The third-order valence-electron chi connectivity index (χ3n) is 3.66. The van der Waals surface area contributed by atoms with Gasteiger partial charge in [-0.25, -0.2) is 4.79 Å². The first-order valence-corrected chi connectivity index (χ1v) is 9.42. The molecule has 0 saturated heterocycles. The van der Waals surface area contributed by atoms with Crippen LogP contribution in [-0.4, -0.2) is 39.6 Å². The van der Waals surface area contributed by atoms with Crippen LogP contribution in [0.1, 0.15) is 18.1 Å². The third kappa shape index (κ3) is 6.16. The number of esters is 1. The molecule has 7 nitrogen and oxygen atoms in total. The molecule has 0 amide bonds. The molecule has 2 rings (SSSR count). The van der Waals surface area contributed by atoms with E-state index in [-0.39, 0.29) is 6.61 Å². The Hall–Kier alpha value is -2.74. The van der Waals surface area contributed by atoms with Crippen molar-refractivity contribution in [3.05, 3.63) is 52.0 Å². The van der Waals surface area contributed by atoms with E-state index in [1.54, 1.807) is 26.3 Å². The predicted octanol–water partition coefficient (Wildman–Crippen LogP) is 3.53. The fourth-order valence-corrected chi connectivity index (χ4v) is 2.96. The lowest BCUT2D eigenvalue weighted by molar-refractivity contribution is -0.145. The van der Waals surface area contributed by atoms with Crippen LogP contribution >= 0.6 is 15.9 Å². The SMILES string of the molecule is CCOC(=O)COc1c(Br)cc(/C=N\NCc2ccccc2OC)cc1OC. The molecule has 0 fully saturated rings. The molecule has 0 bridgehead atoms. The fraction of sp³-hybridized carbons (Fsp3) is 0.300. The Labute approximate surface area is 172 Å². The summed E-state index contributed by atoms with van der Waals surface area (Å²) in [7, 11) is 3.16. The first-order chi connectivity index (χ1) is 13.6. The number of hydrogen-bond donors (Lipinski definition) is 1. The largest absolute Gasteiger partial charge is 0.496 e. The Morgan fingerprint density at radius 2 is 1.93 bits per heavy atom. The summed E-state index contributed by atoms with van der Waals surface area (Å²) in [6.07, 6.45) is 1.66. The van der Waals surface area contributed by atoms with Crippen molar-refractivity contribution in [3.8, 4) is 17.2 Å². The summed E-state index contributed by atoms with van der Waals surface area (Å²) >= 11 is 3.44. The van der Waals surface area contributed by atoms with E-state index in [9.17, 15) is 4.79 Å². The highest BCUT2D eigenvalue weighted by molar-refractivity contribution is 9.10. The molecular formula is C20H23BrN2O5. The molecule has 150 valence electrons. The van der Waals surface area contributed by atoms with E-state index in [0.717, 1.165) is 16.9 Å². The van der Waals surface area contributed by atoms with Crippen molar-refractivity contribution in [1.82, 2.24) is 5.43 Å². The number of benzene rings is 2. The summed E-state index contributed by atoms with van der Waals surface area (Å²) in [5, 5.41) is 4.24. The number of hydrogen-bond acceptors (Lipinski definition) is 7. The molecule has 0 aliphatic heterocycles. The van der Waals surface area contributed by atoms with Crippen molar-refractivity contribution >= 4 is 28.1 Å². The fourth-order valence-electron chi connectivity index (χ4n) is 2.39. The molecule has 1 N–H and O–H groups in total. The van der Waals surface area contributed by atoms with Crippen LogP contribution in [0.3, 0.4) is 0 Å². The molecule has 8 heteroatoms. The summed E-state index contributed by atoms with van der Waals surface area (Å²) in [6.45, 7) is 2.37. The van der Waals surface area contributed by atoms with Crippen molar-refractivity contribution < 1.29 is 23.7 Å². The second-order valence-corrected chi connectivity index (χ2v) is 6.39. The van der Waals surface area contributed by atoms with Crippen LogP contribution in [-0.2, 0) is 16.1 Å². The number of ether oxygens (including phenoxy) is 4. The van der Waals surface area contributed by atoms with E-state index in [2.05, 4.69) is 26.5 Å². The molecule has 0 atom stereocenters. The van der Waals surface area contributed by atoms with Gasteiger partial charge in [-0.3, -0.25) is 0 Å². The quantitative estimate of drug-likeness (QED) is 0.338. The normalized spacial score (nSPS) is 10.6. The highest BCUT2D eigenvalue weighted by Gasteiger charge is 2.13. The van der Waals surface area contributed by atoms with Crippen molar-refractivity contribution in [2.75, 3.05) is 27.4 Å². The molecule has 0 unspecified atom stereocenters. The Balaban J connectivity index is 2.02. The highest BCUT2D eigenvalue weighted by atomic mass is 79.9. The molecule has 0 radical (unpaired) electrons. The Morgan fingerprint density at radius 1 is 1.18 bits per heavy atom. The van der Waals surface area contributed by atoms with Crippen molar-refractivity contribution in [3.63, 3.8) is 0 Å². The number of halogens is 1. The van der Waals surface area contributed by atoms with Gasteiger partial charge in [0.05, 0.1) is 38.1 Å². The number of methoxy groups -OCH3 is 2. The standard InChI is InChI=1S/C20H23BrN2O5/c1-4-27-19(24)13-28-20-16(21)9-14(10-18(20)26-3)11-22-23-12-15-7-5-6-8-17(15)25-2/h5-11,23H,4,12-13H2,1-3H3/b22-11-. The van der Waals surface area contributed by atoms with Crippen LogP contribution in [0.2, 0.25) is 0 Å². The van der Waals surface area contributed by atoms with Gasteiger partial charge in [0.15, 0.2) is 18.1 Å². The van der Waals surface area contributed by atoms with E-state index < -0.39 is 5.97 Å². The Bertz CT molecular complexity index is 826. The van der Waals surface area contributed by atoms with Crippen molar-refractivity contribution in [2.24, 2.45) is 5.10 Å². The maximum Gasteiger partial charge on any atom is 0.344 e. The van der Waals surface area contributed by atoms with E-state index in [1.807, 2.05) is 30.3 Å². The van der Waals surface area contributed by atoms with Gasteiger partial charge < -0.3 is 24.4 Å². The van der Waals surface area contributed by atoms with Crippen LogP contribution in [0.5, 0.6) is 17.2 Å². The molecule has 0 saturated carbocycles. The third-order valence-corrected chi connectivity index (χ3v) is 4.25. The number of nitrogens with one attached hydrogen (secondary N) is 1. The molecule has 0 spiro atoms. The second kappa shape index (κ2) is 11.2. The summed E-state index contributed by atoms with van der Waals surface area (Å²) in [4.78, 5) is 11.5. The lowest BCUT2D eigenvalue weighted by Gasteiger charge is -2.13. The number of rotatable bonds is 10. The van der Waals surface area contributed by atoms with Crippen molar-refractivity contribution in [2.45, 2.75) is 13.5 Å². The predicted molar refractivity (Wildman–Crippen MR) is 110 cm³/mol. The molecule has 0 aliphatic carbocycles. The van der Waals surface area contributed by atoms with E-state index >= 15 is 0 Å². The first kappa shape index (κ1) is 21.6. The van der Waals surface area contributed by atoms with Gasteiger partial charge in [-0.1, -0.05) is 18.2 Å². The van der Waals surface area contributed by atoms with Gasteiger partial charge >= 0.3 is 5.97 Å². The second-order valence-electron chi connectivity index (χ2n) is 5.53. The molecule has 2 aromatic carbocycles. The van der Waals surface area contributed by atoms with Gasteiger partial charge in [-0.2, -0.15) is 5.10 Å². The van der Waals surface area contributed by atoms with Crippen LogP contribution in [0.4, 0.5) is 0 Å². The highest BCUT2D eigenvalue weighted by Crippen LogP contribution is 2.36. The lowest BCUT2D eigenvalue weighted by atomic mass is 10.2. The smallest absolute Gasteiger partial charge is 0.344 e. The Kier molecular flexibility index (Phi) is 8.61. The Morgan fingerprint density at radius 3 is 2.64 bits per heavy atom. The summed E-state index contributed by atoms with van der Waals surface area (Å²) in [5.74, 6) is 1.26. The molecule has 28 heavy (non-hydrogen) atoms. The van der Waals surface area contributed by atoms with E-state index in [4.69, 9.17) is 18.9 Å². The number of carbonyl (C=O) groups excluding carboxylic acids is 1. The minimum atomic E-state index is -0.442. The maximum atomic E-state index is 11.5. The summed E-state index contributed by atoms with van der Waals surface area (Å²) in [6, 6.07) is 11.3.